The van der Waals surface area contributed by atoms with Gasteiger partial charge in [-0.25, -0.2) is 0 Å². The Bertz CT molecular complexity index is 2930. The van der Waals surface area contributed by atoms with Crippen molar-refractivity contribution in [2.75, 3.05) is 6.54 Å². The fourth-order valence-electron chi connectivity index (χ4n) is 8.76. The second kappa shape index (κ2) is 16.1. The van der Waals surface area contributed by atoms with Gasteiger partial charge < -0.3 is 4.42 Å². The first-order valence-electron chi connectivity index (χ1n) is 20.3. The number of para-hydroxylation sites is 1. The molecule has 0 saturated heterocycles. The van der Waals surface area contributed by atoms with Gasteiger partial charge in [0.1, 0.15) is 11.0 Å². The zero-order valence-electron chi connectivity index (χ0n) is 34.4. The molecule has 0 unspecified atom stereocenters. The quantitative estimate of drug-likeness (QED) is 0.149. The van der Waals surface area contributed by atoms with Gasteiger partial charge in [0.25, 0.3) is 0 Å². The van der Waals surface area contributed by atoms with Crippen LogP contribution < -0.4 is 10.6 Å². The standard InChI is InChI=1S/C32H28N2O.C23H22/c1-4-6-17-31-28(26-15-9-10-18-30(26)35-31)20-24(33-3)21-29(34-5-2)27-16-11-13-23-19-22-12-7-8-14-25(22)32(23)27;1-15-9-5-6-10-17(15)19-14-20-18-11-7-8-12-21(18)23(3,4)22(20)13-16(19)2/h4,6-18,20-21H,3,5,19H2,1-2H3;5-14H,1-4H3/b6-4-,24-21-,28-20-,31-17+,34-29?;. The summed E-state index contributed by atoms with van der Waals surface area (Å²) in [5.74, 6) is 0. The Kier molecular flexibility index (Phi) is 10.6. The molecule has 3 heteroatoms. The fourth-order valence-corrected chi connectivity index (χ4v) is 8.76. The molecule has 2 aliphatic carbocycles. The molecule has 0 N–H and O–H groups in total. The van der Waals surface area contributed by atoms with E-state index in [0.717, 1.165) is 45.0 Å². The Morgan fingerprint density at radius 2 is 1.43 bits per heavy atom. The molecule has 0 radical (unpaired) electrons. The van der Waals surface area contributed by atoms with Gasteiger partial charge in [0, 0.05) is 28.1 Å². The normalized spacial score (nSPS) is 14.6. The molecule has 9 rings (SSSR count). The summed E-state index contributed by atoms with van der Waals surface area (Å²) >= 11 is 0. The van der Waals surface area contributed by atoms with Crippen LogP contribution in [0.25, 0.3) is 56.5 Å². The Balaban J connectivity index is 0.000000176. The molecule has 0 bridgehead atoms. The molecular weight excluding hydrogens is 705 g/mol. The third kappa shape index (κ3) is 7.03. The van der Waals surface area contributed by atoms with Crippen molar-refractivity contribution in [1.29, 1.82) is 0 Å². The maximum absolute atomic E-state index is 6.13. The summed E-state index contributed by atoms with van der Waals surface area (Å²) < 4.78 is 6.13. The predicted molar refractivity (Wildman–Crippen MR) is 248 cm³/mol. The molecule has 0 spiro atoms. The van der Waals surface area contributed by atoms with Crippen LogP contribution in [0, 0.1) is 13.8 Å². The lowest BCUT2D eigenvalue weighted by Gasteiger charge is -2.22. The van der Waals surface area contributed by atoms with E-state index in [1.54, 1.807) is 0 Å². The highest BCUT2D eigenvalue weighted by Gasteiger charge is 2.35. The van der Waals surface area contributed by atoms with Crippen molar-refractivity contribution in [3.8, 4) is 33.4 Å². The van der Waals surface area contributed by atoms with Gasteiger partial charge in [-0.15, -0.1) is 0 Å². The lowest BCUT2D eigenvalue weighted by Crippen LogP contribution is -2.20. The minimum atomic E-state index is 0.0843. The topological polar surface area (TPSA) is 37.9 Å². The fraction of sp³-hybridized carbons (Fsp3) is 0.164. The van der Waals surface area contributed by atoms with E-state index in [0.29, 0.717) is 6.54 Å². The van der Waals surface area contributed by atoms with Crippen LogP contribution in [-0.2, 0) is 11.8 Å². The van der Waals surface area contributed by atoms with Crippen molar-refractivity contribution >= 4 is 35.6 Å². The van der Waals surface area contributed by atoms with E-state index in [1.165, 1.54) is 66.8 Å². The third-order valence-corrected chi connectivity index (χ3v) is 11.6. The summed E-state index contributed by atoms with van der Waals surface area (Å²) in [4.78, 5) is 9.26. The minimum Gasteiger partial charge on any atom is -0.456 e. The number of nitrogens with zero attached hydrogens (tertiary/aromatic N) is 2. The highest BCUT2D eigenvalue weighted by Crippen LogP contribution is 2.50. The van der Waals surface area contributed by atoms with Crippen molar-refractivity contribution < 1.29 is 4.42 Å². The Morgan fingerprint density at radius 3 is 2.21 bits per heavy atom. The number of allylic oxidation sites excluding steroid dienone is 4. The summed E-state index contributed by atoms with van der Waals surface area (Å²) in [6, 6.07) is 45.5. The van der Waals surface area contributed by atoms with E-state index in [4.69, 9.17) is 9.41 Å². The van der Waals surface area contributed by atoms with Gasteiger partial charge in [-0.2, -0.15) is 0 Å². The number of furan rings is 1. The van der Waals surface area contributed by atoms with E-state index in [2.05, 4.69) is 156 Å². The number of aryl methyl sites for hydroxylation is 2. The molecule has 286 valence electrons. The van der Waals surface area contributed by atoms with E-state index in [9.17, 15) is 0 Å². The zero-order valence-corrected chi connectivity index (χ0v) is 34.4. The predicted octanol–water partition coefficient (Wildman–Crippen LogP) is 12.5. The van der Waals surface area contributed by atoms with Crippen LogP contribution in [0.2, 0.25) is 0 Å². The number of hydrogen-bond donors (Lipinski definition) is 0. The molecule has 0 aliphatic heterocycles. The van der Waals surface area contributed by atoms with Crippen LogP contribution in [0.3, 0.4) is 0 Å². The van der Waals surface area contributed by atoms with Crippen molar-refractivity contribution in [3.05, 3.63) is 201 Å². The van der Waals surface area contributed by atoms with Gasteiger partial charge in [0.05, 0.1) is 11.4 Å². The van der Waals surface area contributed by atoms with Crippen LogP contribution >= 0.6 is 0 Å². The maximum atomic E-state index is 6.13. The molecule has 6 aromatic carbocycles. The molecule has 0 amide bonds. The van der Waals surface area contributed by atoms with Gasteiger partial charge in [0.2, 0.25) is 0 Å². The zero-order chi connectivity index (χ0) is 40.4. The number of benzene rings is 6. The average Bonchev–Trinajstić information content (AvgIpc) is 3.87. The lowest BCUT2D eigenvalue weighted by atomic mass is 9.81. The first-order valence-corrected chi connectivity index (χ1v) is 20.3. The lowest BCUT2D eigenvalue weighted by molar-refractivity contribution is 0.575. The smallest absolute Gasteiger partial charge is 0.135 e. The van der Waals surface area contributed by atoms with E-state index >= 15 is 0 Å². The van der Waals surface area contributed by atoms with E-state index in [1.807, 2.05) is 55.5 Å². The van der Waals surface area contributed by atoms with Crippen LogP contribution in [0.4, 0.5) is 0 Å². The molecule has 0 atom stereocenters. The van der Waals surface area contributed by atoms with Crippen molar-refractivity contribution in [2.45, 2.75) is 53.4 Å². The van der Waals surface area contributed by atoms with Crippen LogP contribution in [0.15, 0.2) is 166 Å². The highest BCUT2D eigenvalue weighted by atomic mass is 16.3. The molecule has 0 fully saturated rings. The van der Waals surface area contributed by atoms with Gasteiger partial charge in [0.15, 0.2) is 0 Å². The Labute approximate surface area is 342 Å². The number of hydrogen-bond acceptors (Lipinski definition) is 3. The Hall–Kier alpha value is -6.58. The van der Waals surface area contributed by atoms with Crippen molar-refractivity contribution in [3.63, 3.8) is 0 Å². The maximum Gasteiger partial charge on any atom is 0.135 e. The summed E-state index contributed by atoms with van der Waals surface area (Å²) in [6.07, 6.45) is 11.0. The van der Waals surface area contributed by atoms with Crippen molar-refractivity contribution in [2.24, 2.45) is 9.98 Å². The largest absolute Gasteiger partial charge is 0.456 e. The van der Waals surface area contributed by atoms with E-state index < -0.39 is 0 Å². The SMILES string of the molecule is C=NC(=C\C(=NCC)c1cccc2c1-c1ccccc1C2)/C=c1\c(=C/C=C\C)oc2ccccc12.Cc1ccccc1-c1cc2c(cc1C)C(C)(C)c1ccccc1-2. The van der Waals surface area contributed by atoms with Gasteiger partial charge in [-0.3, -0.25) is 9.98 Å². The van der Waals surface area contributed by atoms with Gasteiger partial charge in [-0.05, 0) is 138 Å². The van der Waals surface area contributed by atoms with Crippen LogP contribution in [0.5, 0.6) is 0 Å². The minimum absolute atomic E-state index is 0.0843. The number of aliphatic imine (C=N–C) groups is 2. The Morgan fingerprint density at radius 1 is 0.724 bits per heavy atom. The summed E-state index contributed by atoms with van der Waals surface area (Å²) in [7, 11) is 0. The molecular formula is C55H50N2O. The van der Waals surface area contributed by atoms with Crippen LogP contribution in [-0.4, -0.2) is 19.0 Å². The van der Waals surface area contributed by atoms with E-state index in [-0.39, 0.29) is 5.41 Å². The first-order chi connectivity index (χ1) is 28.2. The van der Waals surface area contributed by atoms with Crippen molar-refractivity contribution in [1.82, 2.24) is 0 Å². The summed E-state index contributed by atoms with van der Waals surface area (Å²) in [5, 5.41) is 2.03. The second-order valence-electron chi connectivity index (χ2n) is 15.7. The molecule has 3 nitrogen and oxygen atoms in total. The van der Waals surface area contributed by atoms with Gasteiger partial charge in [-0.1, -0.05) is 141 Å². The summed E-state index contributed by atoms with van der Waals surface area (Å²) in [5.41, 5.74) is 20.8. The monoisotopic (exact) mass is 754 g/mol. The highest BCUT2D eigenvalue weighted by molar-refractivity contribution is 6.14. The molecule has 0 saturated carbocycles. The third-order valence-electron chi connectivity index (χ3n) is 11.6. The van der Waals surface area contributed by atoms with Crippen LogP contribution in [0.1, 0.15) is 66.6 Å². The number of rotatable bonds is 7. The molecule has 1 heterocycles. The second-order valence-corrected chi connectivity index (χ2v) is 15.7. The number of fused-ring (bicyclic) bond motifs is 7. The molecule has 58 heavy (non-hydrogen) atoms. The molecule has 7 aromatic rings. The van der Waals surface area contributed by atoms with Gasteiger partial charge >= 0.3 is 0 Å². The molecule has 2 aliphatic rings. The first kappa shape index (κ1) is 38.3. The average molecular weight is 755 g/mol. The molecule has 1 aromatic heterocycles. The summed E-state index contributed by atoms with van der Waals surface area (Å²) in [6.45, 7) is 17.7.